The van der Waals surface area contributed by atoms with Gasteiger partial charge in [0.2, 0.25) is 5.75 Å². The van der Waals surface area contributed by atoms with Crippen molar-refractivity contribution >= 4 is 17.3 Å². The molecular formula is C13H7ClN2O3. The highest BCUT2D eigenvalue weighted by atomic mass is 35.5. The molecule has 0 aliphatic carbocycles. The maximum atomic E-state index is 10.9. The number of para-hydroxylation sites is 1. The molecule has 0 atom stereocenters. The van der Waals surface area contributed by atoms with Crippen LogP contribution < -0.4 is 4.74 Å². The molecule has 0 radical (unpaired) electrons. The molecule has 0 aromatic heterocycles. The van der Waals surface area contributed by atoms with Crippen LogP contribution in [0.4, 0.5) is 5.69 Å². The second-order valence-corrected chi connectivity index (χ2v) is 3.99. The predicted octanol–water partition coefficient (Wildman–Crippen LogP) is 3.91. The highest BCUT2D eigenvalue weighted by Crippen LogP contribution is 2.37. The smallest absolute Gasteiger partial charge is 0.313 e. The molecule has 0 saturated carbocycles. The van der Waals surface area contributed by atoms with E-state index in [1.165, 1.54) is 24.3 Å². The van der Waals surface area contributed by atoms with Crippen LogP contribution in [0.3, 0.4) is 0 Å². The zero-order valence-electron chi connectivity index (χ0n) is 9.54. The summed E-state index contributed by atoms with van der Waals surface area (Å²) in [5, 5.41) is 19.8. The van der Waals surface area contributed by atoms with E-state index in [1.54, 1.807) is 18.2 Å². The van der Waals surface area contributed by atoms with Gasteiger partial charge in [-0.3, -0.25) is 10.1 Å². The summed E-state index contributed by atoms with van der Waals surface area (Å²) in [6.07, 6.45) is 0. The Morgan fingerprint density at radius 3 is 2.68 bits per heavy atom. The second kappa shape index (κ2) is 5.38. The summed E-state index contributed by atoms with van der Waals surface area (Å²) >= 11 is 5.90. The van der Waals surface area contributed by atoms with E-state index in [2.05, 4.69) is 0 Å². The van der Waals surface area contributed by atoms with Gasteiger partial charge in [-0.25, -0.2) is 0 Å². The molecule has 0 spiro atoms. The predicted molar refractivity (Wildman–Crippen MR) is 69.3 cm³/mol. The molecule has 0 bridgehead atoms. The van der Waals surface area contributed by atoms with E-state index in [0.29, 0.717) is 11.3 Å². The number of halogens is 1. The van der Waals surface area contributed by atoms with Gasteiger partial charge in [-0.15, -0.1) is 0 Å². The standard InChI is InChI=1S/C13H7ClN2O3/c14-11-5-2-6-12(16(17)18)13(11)19-10-4-1-3-9(7-10)8-15/h1-7H. The molecule has 0 amide bonds. The summed E-state index contributed by atoms with van der Waals surface area (Å²) in [6, 6.07) is 12.5. The van der Waals surface area contributed by atoms with Crippen molar-refractivity contribution in [3.8, 4) is 17.6 Å². The van der Waals surface area contributed by atoms with E-state index in [-0.39, 0.29) is 16.5 Å². The quantitative estimate of drug-likeness (QED) is 0.628. The Kier molecular flexibility index (Phi) is 3.64. The van der Waals surface area contributed by atoms with Crippen LogP contribution >= 0.6 is 11.6 Å². The molecule has 0 heterocycles. The van der Waals surface area contributed by atoms with E-state index in [1.807, 2.05) is 6.07 Å². The first-order valence-corrected chi connectivity index (χ1v) is 5.60. The van der Waals surface area contributed by atoms with Crippen molar-refractivity contribution in [2.45, 2.75) is 0 Å². The van der Waals surface area contributed by atoms with E-state index < -0.39 is 4.92 Å². The second-order valence-electron chi connectivity index (χ2n) is 3.59. The van der Waals surface area contributed by atoms with Gasteiger partial charge in [-0.2, -0.15) is 5.26 Å². The minimum Gasteiger partial charge on any atom is -0.448 e. The zero-order valence-corrected chi connectivity index (χ0v) is 10.3. The third-order valence-corrected chi connectivity index (χ3v) is 2.62. The SMILES string of the molecule is N#Cc1cccc(Oc2c(Cl)cccc2[N+](=O)[O-])c1. The van der Waals surface area contributed by atoms with Gasteiger partial charge >= 0.3 is 5.69 Å². The van der Waals surface area contributed by atoms with Crippen LogP contribution in [-0.2, 0) is 0 Å². The fourth-order valence-electron chi connectivity index (χ4n) is 1.49. The minimum absolute atomic E-state index is 0.0377. The maximum Gasteiger partial charge on any atom is 0.313 e. The molecule has 0 aliphatic rings. The molecule has 5 nitrogen and oxygen atoms in total. The van der Waals surface area contributed by atoms with E-state index in [0.717, 1.165) is 0 Å². The molecule has 0 fully saturated rings. The first-order valence-electron chi connectivity index (χ1n) is 5.22. The van der Waals surface area contributed by atoms with E-state index >= 15 is 0 Å². The largest absolute Gasteiger partial charge is 0.448 e. The lowest BCUT2D eigenvalue weighted by molar-refractivity contribution is -0.385. The number of hydrogen-bond acceptors (Lipinski definition) is 4. The Bertz CT molecular complexity index is 680. The van der Waals surface area contributed by atoms with Crippen LogP contribution in [-0.4, -0.2) is 4.92 Å². The summed E-state index contributed by atoms with van der Waals surface area (Å²) in [4.78, 5) is 10.3. The molecular weight excluding hydrogens is 268 g/mol. The Morgan fingerprint density at radius 1 is 1.26 bits per heavy atom. The molecule has 6 heteroatoms. The van der Waals surface area contributed by atoms with Crippen LogP contribution in [0.2, 0.25) is 5.02 Å². The Morgan fingerprint density at radius 2 is 2.00 bits per heavy atom. The van der Waals surface area contributed by atoms with Crippen LogP contribution in [0, 0.1) is 21.4 Å². The fourth-order valence-corrected chi connectivity index (χ4v) is 1.70. The van der Waals surface area contributed by atoms with Crippen LogP contribution in [0.1, 0.15) is 5.56 Å². The van der Waals surface area contributed by atoms with Gasteiger partial charge in [0.1, 0.15) is 5.75 Å². The highest BCUT2D eigenvalue weighted by molar-refractivity contribution is 6.32. The molecule has 2 aromatic carbocycles. The van der Waals surface area contributed by atoms with Crippen molar-refractivity contribution in [3.05, 3.63) is 63.2 Å². The van der Waals surface area contributed by atoms with Crippen molar-refractivity contribution in [3.63, 3.8) is 0 Å². The van der Waals surface area contributed by atoms with Gasteiger partial charge < -0.3 is 4.74 Å². The molecule has 2 aromatic rings. The number of hydrogen-bond donors (Lipinski definition) is 0. The highest BCUT2D eigenvalue weighted by Gasteiger charge is 2.18. The summed E-state index contributed by atoms with van der Waals surface area (Å²) in [6.45, 7) is 0. The Balaban J connectivity index is 2.43. The van der Waals surface area contributed by atoms with Gasteiger partial charge in [0, 0.05) is 6.07 Å². The fraction of sp³-hybridized carbons (Fsp3) is 0. The average Bonchev–Trinajstić information content (AvgIpc) is 2.41. The molecule has 0 N–H and O–H groups in total. The number of nitriles is 1. The van der Waals surface area contributed by atoms with Gasteiger partial charge in [0.15, 0.2) is 0 Å². The molecule has 94 valence electrons. The number of nitro groups is 1. The maximum absolute atomic E-state index is 10.9. The third-order valence-electron chi connectivity index (χ3n) is 2.33. The normalized spacial score (nSPS) is 9.68. The third kappa shape index (κ3) is 2.81. The summed E-state index contributed by atoms with van der Waals surface area (Å²) in [5.74, 6) is 0.277. The lowest BCUT2D eigenvalue weighted by Gasteiger charge is -2.07. The monoisotopic (exact) mass is 274 g/mol. The number of nitro benzene ring substituents is 1. The topological polar surface area (TPSA) is 76.2 Å². The molecule has 2 rings (SSSR count). The van der Waals surface area contributed by atoms with Crippen LogP contribution in [0.25, 0.3) is 0 Å². The van der Waals surface area contributed by atoms with Crippen molar-refractivity contribution in [1.82, 2.24) is 0 Å². The molecule has 0 unspecified atom stereocenters. The van der Waals surface area contributed by atoms with Gasteiger partial charge in [0.05, 0.1) is 21.6 Å². The Labute approximate surface area is 113 Å². The Hall–Kier alpha value is -2.58. The average molecular weight is 275 g/mol. The molecule has 0 saturated heterocycles. The van der Waals surface area contributed by atoms with Gasteiger partial charge in [-0.1, -0.05) is 23.7 Å². The van der Waals surface area contributed by atoms with Gasteiger partial charge in [-0.05, 0) is 24.3 Å². The summed E-state index contributed by atoms with van der Waals surface area (Å²) in [7, 11) is 0. The summed E-state index contributed by atoms with van der Waals surface area (Å²) in [5.41, 5.74) is 0.169. The summed E-state index contributed by atoms with van der Waals surface area (Å²) < 4.78 is 5.42. The number of nitrogens with zero attached hydrogens (tertiary/aromatic N) is 2. The molecule has 19 heavy (non-hydrogen) atoms. The van der Waals surface area contributed by atoms with Crippen LogP contribution in [0.15, 0.2) is 42.5 Å². The lowest BCUT2D eigenvalue weighted by Crippen LogP contribution is -1.94. The van der Waals surface area contributed by atoms with Crippen molar-refractivity contribution in [2.24, 2.45) is 0 Å². The van der Waals surface area contributed by atoms with Gasteiger partial charge in [0.25, 0.3) is 0 Å². The van der Waals surface area contributed by atoms with E-state index in [4.69, 9.17) is 21.6 Å². The number of benzene rings is 2. The first kappa shape index (κ1) is 12.9. The van der Waals surface area contributed by atoms with Crippen molar-refractivity contribution < 1.29 is 9.66 Å². The van der Waals surface area contributed by atoms with Crippen molar-refractivity contribution in [2.75, 3.05) is 0 Å². The molecule has 0 aliphatic heterocycles. The van der Waals surface area contributed by atoms with Crippen molar-refractivity contribution in [1.29, 1.82) is 5.26 Å². The van der Waals surface area contributed by atoms with E-state index in [9.17, 15) is 10.1 Å². The minimum atomic E-state index is -0.574. The zero-order chi connectivity index (χ0) is 13.8. The first-order chi connectivity index (χ1) is 9.11. The van der Waals surface area contributed by atoms with Crippen LogP contribution in [0.5, 0.6) is 11.5 Å². The lowest BCUT2D eigenvalue weighted by atomic mass is 10.2. The number of ether oxygens (including phenoxy) is 1. The number of rotatable bonds is 3.